The van der Waals surface area contributed by atoms with Crippen LogP contribution in [0.2, 0.25) is 0 Å². The van der Waals surface area contributed by atoms with E-state index in [1.54, 1.807) is 6.20 Å². The summed E-state index contributed by atoms with van der Waals surface area (Å²) in [5, 5.41) is 8.87. The number of carbonyl (C=O) groups is 1. The second-order valence-corrected chi connectivity index (χ2v) is 5.35. The smallest absolute Gasteiger partial charge is 0.306 e. The Bertz CT molecular complexity index is 381. The van der Waals surface area contributed by atoms with E-state index in [1.165, 1.54) is 5.56 Å². The first kappa shape index (κ1) is 17.6. The average molecular weight is 293 g/mol. The van der Waals surface area contributed by atoms with Crippen LogP contribution in [0.3, 0.4) is 0 Å². The van der Waals surface area contributed by atoms with Gasteiger partial charge in [0.05, 0.1) is 6.61 Å². The van der Waals surface area contributed by atoms with Crippen LogP contribution in [0.5, 0.6) is 0 Å². The quantitative estimate of drug-likeness (QED) is 0.503. The summed E-state index contributed by atoms with van der Waals surface area (Å²) in [7, 11) is 0. The van der Waals surface area contributed by atoms with Crippen molar-refractivity contribution in [3.8, 4) is 0 Å². The number of rotatable bonds is 11. The van der Waals surface area contributed by atoms with Gasteiger partial charge in [-0.3, -0.25) is 9.78 Å². The van der Waals surface area contributed by atoms with Crippen LogP contribution in [0.1, 0.15) is 51.0 Å². The van der Waals surface area contributed by atoms with E-state index in [9.17, 15) is 4.79 Å². The molecule has 0 amide bonds. The van der Waals surface area contributed by atoms with E-state index in [0.717, 1.165) is 38.5 Å². The number of nitrogens with zero attached hydrogens (tertiary/aromatic N) is 1. The number of aliphatic hydroxyl groups is 1. The maximum atomic E-state index is 11.6. The Kier molecular flexibility index (Phi) is 9.46. The summed E-state index contributed by atoms with van der Waals surface area (Å²) < 4.78 is 5.04. The molecule has 0 aromatic carbocycles. The number of hydrogen-bond donors (Lipinski definition) is 1. The molecule has 4 nitrogen and oxygen atoms in total. The molecule has 0 saturated heterocycles. The Morgan fingerprint density at radius 3 is 2.81 bits per heavy atom. The van der Waals surface area contributed by atoms with Crippen molar-refractivity contribution in [3.63, 3.8) is 0 Å². The van der Waals surface area contributed by atoms with E-state index in [-0.39, 0.29) is 12.6 Å². The lowest BCUT2D eigenvalue weighted by atomic mass is 9.92. The number of unbranched alkanes of at least 4 members (excludes halogenated alkanes) is 1. The first-order valence-corrected chi connectivity index (χ1v) is 7.91. The molecule has 1 N–H and O–H groups in total. The molecular weight excluding hydrogens is 266 g/mol. The van der Waals surface area contributed by atoms with Crippen molar-refractivity contribution in [1.29, 1.82) is 0 Å². The standard InChI is InChI=1S/C17H27NO3/c1-2-21-17(20)13-15(7-3-4-12-19)8-5-9-16-10-6-11-18-14-16/h6,10-11,14-15,19H,2-5,7-9,12-13H2,1H3. The third-order valence-corrected chi connectivity index (χ3v) is 3.58. The van der Waals surface area contributed by atoms with Gasteiger partial charge in [-0.1, -0.05) is 12.5 Å². The Morgan fingerprint density at radius 2 is 2.14 bits per heavy atom. The molecule has 21 heavy (non-hydrogen) atoms. The van der Waals surface area contributed by atoms with Crippen LogP contribution in [0, 0.1) is 5.92 Å². The molecule has 118 valence electrons. The molecule has 1 aromatic rings. The third-order valence-electron chi connectivity index (χ3n) is 3.58. The highest BCUT2D eigenvalue weighted by atomic mass is 16.5. The topological polar surface area (TPSA) is 59.4 Å². The van der Waals surface area contributed by atoms with Crippen LogP contribution >= 0.6 is 0 Å². The van der Waals surface area contributed by atoms with Crippen LogP contribution in [0.15, 0.2) is 24.5 Å². The Hall–Kier alpha value is -1.42. The minimum atomic E-state index is -0.104. The largest absolute Gasteiger partial charge is 0.466 e. The number of aromatic nitrogens is 1. The van der Waals surface area contributed by atoms with Crippen LogP contribution < -0.4 is 0 Å². The number of hydrogen-bond acceptors (Lipinski definition) is 4. The normalized spacial score (nSPS) is 12.1. The Morgan fingerprint density at radius 1 is 1.33 bits per heavy atom. The minimum Gasteiger partial charge on any atom is -0.466 e. The number of aryl methyl sites for hydroxylation is 1. The van der Waals surface area contributed by atoms with Crippen LogP contribution in [0.4, 0.5) is 0 Å². The highest BCUT2D eigenvalue weighted by molar-refractivity contribution is 5.69. The molecule has 0 aliphatic rings. The fourth-order valence-electron chi connectivity index (χ4n) is 2.49. The zero-order chi connectivity index (χ0) is 15.3. The van der Waals surface area contributed by atoms with E-state index in [4.69, 9.17) is 9.84 Å². The molecule has 0 aliphatic heterocycles. The van der Waals surface area contributed by atoms with Gasteiger partial charge in [0.2, 0.25) is 0 Å². The molecular formula is C17H27NO3. The van der Waals surface area contributed by atoms with Gasteiger partial charge in [-0.05, 0) is 56.6 Å². The summed E-state index contributed by atoms with van der Waals surface area (Å²) in [5.41, 5.74) is 1.24. The van der Waals surface area contributed by atoms with Crippen molar-refractivity contribution in [1.82, 2.24) is 4.98 Å². The van der Waals surface area contributed by atoms with Gasteiger partial charge in [0.25, 0.3) is 0 Å². The molecule has 1 rings (SSSR count). The van der Waals surface area contributed by atoms with Gasteiger partial charge in [0.15, 0.2) is 0 Å². The van der Waals surface area contributed by atoms with Gasteiger partial charge in [-0.2, -0.15) is 0 Å². The molecule has 0 aliphatic carbocycles. The van der Waals surface area contributed by atoms with Crippen LogP contribution in [0.25, 0.3) is 0 Å². The number of pyridine rings is 1. The average Bonchev–Trinajstić information content (AvgIpc) is 2.48. The molecule has 4 heteroatoms. The number of aliphatic hydroxyl groups excluding tert-OH is 1. The predicted molar refractivity (Wildman–Crippen MR) is 82.9 cm³/mol. The fraction of sp³-hybridized carbons (Fsp3) is 0.647. The van der Waals surface area contributed by atoms with E-state index in [1.807, 2.05) is 19.2 Å². The fourth-order valence-corrected chi connectivity index (χ4v) is 2.49. The zero-order valence-corrected chi connectivity index (χ0v) is 13.0. The Balaban J connectivity index is 2.34. The van der Waals surface area contributed by atoms with Crippen molar-refractivity contribution in [2.45, 2.75) is 51.9 Å². The van der Waals surface area contributed by atoms with Gasteiger partial charge in [-0.25, -0.2) is 0 Å². The molecule has 0 bridgehead atoms. The molecule has 0 radical (unpaired) electrons. The SMILES string of the molecule is CCOC(=O)CC(CCCCO)CCCc1cccnc1. The molecule has 0 saturated carbocycles. The maximum absolute atomic E-state index is 11.6. The molecule has 0 spiro atoms. The summed E-state index contributed by atoms with van der Waals surface area (Å²) >= 11 is 0. The first-order valence-electron chi connectivity index (χ1n) is 7.91. The van der Waals surface area contributed by atoms with Gasteiger partial charge >= 0.3 is 5.97 Å². The van der Waals surface area contributed by atoms with E-state index < -0.39 is 0 Å². The minimum absolute atomic E-state index is 0.104. The van der Waals surface area contributed by atoms with Crippen LogP contribution in [-0.4, -0.2) is 29.3 Å². The second kappa shape index (κ2) is 11.3. The molecule has 1 unspecified atom stereocenters. The van der Waals surface area contributed by atoms with E-state index in [0.29, 0.717) is 18.9 Å². The molecule has 1 heterocycles. The molecule has 0 fully saturated rings. The lowest BCUT2D eigenvalue weighted by molar-refractivity contribution is -0.144. The first-order chi connectivity index (χ1) is 10.3. The van der Waals surface area contributed by atoms with Gasteiger partial charge in [-0.15, -0.1) is 0 Å². The second-order valence-electron chi connectivity index (χ2n) is 5.35. The summed E-state index contributed by atoms with van der Waals surface area (Å²) in [4.78, 5) is 15.8. The molecule has 1 aromatic heterocycles. The lowest BCUT2D eigenvalue weighted by Crippen LogP contribution is -2.12. The highest BCUT2D eigenvalue weighted by Crippen LogP contribution is 2.20. The van der Waals surface area contributed by atoms with Crippen molar-refractivity contribution >= 4 is 5.97 Å². The highest BCUT2D eigenvalue weighted by Gasteiger charge is 2.14. The van der Waals surface area contributed by atoms with Crippen LogP contribution in [-0.2, 0) is 16.0 Å². The summed E-state index contributed by atoms with van der Waals surface area (Å²) in [6, 6.07) is 4.03. The maximum Gasteiger partial charge on any atom is 0.306 e. The van der Waals surface area contributed by atoms with Gasteiger partial charge < -0.3 is 9.84 Å². The van der Waals surface area contributed by atoms with Gasteiger partial charge in [0, 0.05) is 25.4 Å². The zero-order valence-electron chi connectivity index (χ0n) is 13.0. The summed E-state index contributed by atoms with van der Waals surface area (Å²) in [5.74, 6) is 0.250. The van der Waals surface area contributed by atoms with Crippen molar-refractivity contribution in [2.24, 2.45) is 5.92 Å². The van der Waals surface area contributed by atoms with Crippen molar-refractivity contribution in [3.05, 3.63) is 30.1 Å². The predicted octanol–water partition coefficient (Wildman–Crippen LogP) is 3.14. The monoisotopic (exact) mass is 293 g/mol. The molecule has 1 atom stereocenters. The summed E-state index contributed by atoms with van der Waals surface area (Å²) in [6.45, 7) is 2.50. The number of ether oxygens (including phenoxy) is 1. The number of esters is 1. The third kappa shape index (κ3) is 8.45. The van der Waals surface area contributed by atoms with Crippen molar-refractivity contribution in [2.75, 3.05) is 13.2 Å². The van der Waals surface area contributed by atoms with E-state index >= 15 is 0 Å². The van der Waals surface area contributed by atoms with E-state index in [2.05, 4.69) is 11.1 Å². The van der Waals surface area contributed by atoms with Gasteiger partial charge in [0.1, 0.15) is 0 Å². The number of carbonyl (C=O) groups excluding carboxylic acids is 1. The summed E-state index contributed by atoms with van der Waals surface area (Å²) in [6.07, 6.45) is 9.98. The van der Waals surface area contributed by atoms with Crippen molar-refractivity contribution < 1.29 is 14.6 Å². The Labute approximate surface area is 127 Å². The lowest BCUT2D eigenvalue weighted by Gasteiger charge is -2.15.